The lowest BCUT2D eigenvalue weighted by Crippen LogP contribution is -2.42. The lowest BCUT2D eigenvalue weighted by Gasteiger charge is -2.27. The van der Waals surface area contributed by atoms with Crippen molar-refractivity contribution in [2.45, 2.75) is 38.3 Å². The number of amides is 2. The molecule has 7 nitrogen and oxygen atoms in total. The van der Waals surface area contributed by atoms with Gasteiger partial charge in [-0.1, -0.05) is 37.3 Å². The van der Waals surface area contributed by atoms with Gasteiger partial charge in [-0.05, 0) is 31.5 Å². The van der Waals surface area contributed by atoms with Gasteiger partial charge in [0, 0.05) is 25.6 Å². The molecule has 2 aliphatic rings. The number of rotatable bonds is 7. The highest BCUT2D eigenvalue weighted by atomic mass is 16.4. The van der Waals surface area contributed by atoms with Gasteiger partial charge in [-0.3, -0.25) is 14.5 Å². The quantitative estimate of drug-likeness (QED) is 0.751. The van der Waals surface area contributed by atoms with Gasteiger partial charge in [-0.2, -0.15) is 0 Å². The topological polar surface area (TPSA) is 89.9 Å². The summed E-state index contributed by atoms with van der Waals surface area (Å²) in [4.78, 5) is 40.7. The van der Waals surface area contributed by atoms with E-state index in [9.17, 15) is 19.5 Å². The van der Waals surface area contributed by atoms with Gasteiger partial charge in [0.15, 0.2) is 6.04 Å². The van der Waals surface area contributed by atoms with Crippen LogP contribution in [0.2, 0.25) is 0 Å². The summed E-state index contributed by atoms with van der Waals surface area (Å²) in [7, 11) is 0. The highest BCUT2D eigenvalue weighted by Gasteiger charge is 2.38. The van der Waals surface area contributed by atoms with Crippen molar-refractivity contribution in [3.63, 3.8) is 0 Å². The van der Waals surface area contributed by atoms with Crippen LogP contribution in [-0.2, 0) is 14.4 Å². The number of carbonyl (C=O) groups excluding carboxylic acids is 2. The molecule has 1 aromatic carbocycles. The number of nitrogens with one attached hydrogen (secondary N) is 1. The first-order valence-corrected chi connectivity index (χ1v) is 9.59. The molecular formula is C20H27N3O4. The van der Waals surface area contributed by atoms with Crippen molar-refractivity contribution in [3.05, 3.63) is 35.9 Å². The van der Waals surface area contributed by atoms with Gasteiger partial charge < -0.3 is 15.3 Å². The van der Waals surface area contributed by atoms with E-state index < -0.39 is 17.9 Å². The van der Waals surface area contributed by atoms with Crippen molar-refractivity contribution in [1.29, 1.82) is 0 Å². The molecule has 2 aliphatic heterocycles. The third-order valence-electron chi connectivity index (χ3n) is 5.59. The number of hydrogen-bond donors (Lipinski definition) is 2. The van der Waals surface area contributed by atoms with Gasteiger partial charge in [0.2, 0.25) is 11.8 Å². The molecule has 0 unspecified atom stereocenters. The maximum absolute atomic E-state index is 12.6. The van der Waals surface area contributed by atoms with Gasteiger partial charge >= 0.3 is 5.97 Å². The van der Waals surface area contributed by atoms with E-state index in [1.54, 1.807) is 35.2 Å². The summed E-state index contributed by atoms with van der Waals surface area (Å²) in [6.07, 6.45) is 2.36. The Balaban J connectivity index is 1.60. The molecule has 1 aromatic rings. The maximum atomic E-state index is 12.6. The number of carbonyl (C=O) groups is 3. The number of carboxylic acid groups (broad SMARTS) is 1. The fourth-order valence-corrected chi connectivity index (χ4v) is 4.09. The number of hydrogen-bond acceptors (Lipinski definition) is 4. The Morgan fingerprint density at radius 3 is 2.70 bits per heavy atom. The zero-order valence-electron chi connectivity index (χ0n) is 15.6. The second kappa shape index (κ2) is 8.52. The molecule has 2 fully saturated rings. The van der Waals surface area contributed by atoms with Crippen molar-refractivity contribution in [2.75, 3.05) is 26.2 Å². The first kappa shape index (κ1) is 19.4. The highest BCUT2D eigenvalue weighted by molar-refractivity contribution is 5.91. The van der Waals surface area contributed by atoms with E-state index in [0.717, 1.165) is 25.9 Å². The summed E-state index contributed by atoms with van der Waals surface area (Å²) < 4.78 is 0. The smallest absolute Gasteiger partial charge is 0.330 e. The maximum Gasteiger partial charge on any atom is 0.330 e. The van der Waals surface area contributed by atoms with Crippen LogP contribution in [0.25, 0.3) is 0 Å². The van der Waals surface area contributed by atoms with E-state index >= 15 is 0 Å². The van der Waals surface area contributed by atoms with Gasteiger partial charge in [0.25, 0.3) is 0 Å². The van der Waals surface area contributed by atoms with E-state index in [-0.39, 0.29) is 18.2 Å². The molecule has 0 spiro atoms. The molecule has 0 saturated carbocycles. The summed E-state index contributed by atoms with van der Waals surface area (Å²) in [5, 5.41) is 12.1. The number of carboxylic acids is 1. The lowest BCUT2D eigenvalue weighted by molar-refractivity contribution is -0.142. The number of nitrogens with zero attached hydrogens (tertiary/aromatic N) is 2. The van der Waals surface area contributed by atoms with Gasteiger partial charge in [-0.25, -0.2) is 4.79 Å². The third-order valence-corrected chi connectivity index (χ3v) is 5.59. The van der Waals surface area contributed by atoms with E-state index in [1.165, 1.54) is 0 Å². The monoisotopic (exact) mass is 373 g/mol. The molecule has 3 rings (SSSR count). The van der Waals surface area contributed by atoms with Crippen molar-refractivity contribution in [1.82, 2.24) is 15.1 Å². The van der Waals surface area contributed by atoms with Crippen LogP contribution < -0.4 is 5.32 Å². The lowest BCUT2D eigenvalue weighted by atomic mass is 10.0. The van der Waals surface area contributed by atoms with E-state index in [0.29, 0.717) is 24.7 Å². The summed E-state index contributed by atoms with van der Waals surface area (Å²) in [6, 6.07) is 7.86. The molecule has 3 atom stereocenters. The van der Waals surface area contributed by atoms with Crippen LogP contribution in [0.1, 0.15) is 37.8 Å². The predicted octanol–water partition coefficient (Wildman–Crippen LogP) is 1.26. The Bertz CT molecular complexity index is 694. The molecule has 27 heavy (non-hydrogen) atoms. The Morgan fingerprint density at radius 2 is 2.04 bits per heavy atom. The summed E-state index contributed by atoms with van der Waals surface area (Å²) in [5.74, 6) is -2.01. The minimum Gasteiger partial charge on any atom is -0.479 e. The van der Waals surface area contributed by atoms with Crippen molar-refractivity contribution >= 4 is 17.8 Å². The first-order valence-electron chi connectivity index (χ1n) is 9.59. The Labute approximate surface area is 159 Å². The molecule has 0 bridgehead atoms. The summed E-state index contributed by atoms with van der Waals surface area (Å²) in [6.45, 7) is 5.16. The minimum atomic E-state index is -1.11. The number of aliphatic carboxylic acids is 1. The minimum absolute atomic E-state index is 0.0234. The molecule has 2 N–H and O–H groups in total. The van der Waals surface area contributed by atoms with Crippen LogP contribution in [0.3, 0.4) is 0 Å². The SMILES string of the molecule is CCN1CCC[C@@H]1CN1C[C@@H](C(=O)N[C@H](C(=O)O)c2ccccc2)CC1=O. The fraction of sp³-hybridized carbons (Fsp3) is 0.550. The van der Waals surface area contributed by atoms with Gasteiger partial charge in [-0.15, -0.1) is 0 Å². The van der Waals surface area contributed by atoms with E-state index in [1.807, 2.05) is 0 Å². The molecule has 2 amide bonds. The van der Waals surface area contributed by atoms with Crippen molar-refractivity contribution in [3.8, 4) is 0 Å². The molecule has 146 valence electrons. The number of benzene rings is 1. The van der Waals surface area contributed by atoms with Crippen molar-refractivity contribution in [2.24, 2.45) is 5.92 Å². The number of likely N-dealkylation sites (N-methyl/N-ethyl adjacent to an activating group) is 1. The second-order valence-corrected chi connectivity index (χ2v) is 7.31. The Kier molecular flexibility index (Phi) is 6.11. The predicted molar refractivity (Wildman–Crippen MR) is 99.9 cm³/mol. The van der Waals surface area contributed by atoms with Crippen LogP contribution in [-0.4, -0.2) is 64.9 Å². The van der Waals surface area contributed by atoms with Crippen LogP contribution >= 0.6 is 0 Å². The number of likely N-dealkylation sites (tertiary alicyclic amines) is 2. The van der Waals surface area contributed by atoms with E-state index in [2.05, 4.69) is 17.1 Å². The normalized spacial score (nSPS) is 24.2. The van der Waals surface area contributed by atoms with Crippen LogP contribution in [0, 0.1) is 5.92 Å². The standard InChI is InChI=1S/C20H27N3O4/c1-2-22-10-6-9-16(22)13-23-12-15(11-17(23)24)19(25)21-18(20(26)27)14-7-4-3-5-8-14/h3-5,7-8,15-16,18H,2,6,9-13H2,1H3,(H,21,25)(H,26,27)/t15-,16+,18-/m0/s1. The Morgan fingerprint density at radius 1 is 1.30 bits per heavy atom. The van der Waals surface area contributed by atoms with Crippen LogP contribution in [0.5, 0.6) is 0 Å². The van der Waals surface area contributed by atoms with Crippen LogP contribution in [0.15, 0.2) is 30.3 Å². The molecular weight excluding hydrogens is 346 g/mol. The summed E-state index contributed by atoms with van der Waals surface area (Å²) in [5.41, 5.74) is 0.518. The molecule has 0 aromatic heterocycles. The molecule has 0 aliphatic carbocycles. The largest absolute Gasteiger partial charge is 0.479 e. The highest BCUT2D eigenvalue weighted by Crippen LogP contribution is 2.24. The molecule has 2 saturated heterocycles. The summed E-state index contributed by atoms with van der Waals surface area (Å²) >= 11 is 0. The zero-order chi connectivity index (χ0) is 19.4. The third kappa shape index (κ3) is 4.47. The average molecular weight is 373 g/mol. The zero-order valence-corrected chi connectivity index (χ0v) is 15.6. The van der Waals surface area contributed by atoms with Crippen LogP contribution in [0.4, 0.5) is 0 Å². The Hall–Kier alpha value is -2.41. The first-order chi connectivity index (χ1) is 13.0. The van der Waals surface area contributed by atoms with Gasteiger partial charge in [0.1, 0.15) is 0 Å². The second-order valence-electron chi connectivity index (χ2n) is 7.31. The fourth-order valence-electron chi connectivity index (χ4n) is 4.09. The molecule has 2 heterocycles. The van der Waals surface area contributed by atoms with Crippen molar-refractivity contribution < 1.29 is 19.5 Å². The molecule has 0 radical (unpaired) electrons. The molecule has 7 heteroatoms. The average Bonchev–Trinajstić information content (AvgIpc) is 3.26. The van der Waals surface area contributed by atoms with E-state index in [4.69, 9.17) is 0 Å². The van der Waals surface area contributed by atoms with Gasteiger partial charge in [0.05, 0.1) is 5.92 Å².